The standard InChI is InChI=1S/C20H16N4O6/c1-23-18(26)14-5-3-12(9-15(14)19(23)27)22-17(25)11-29-20(28)16-6-4-13(30-16)10-24-8-2-7-21-24/h2-9H,10-11H2,1H3,(H,22,25). The van der Waals surface area contributed by atoms with E-state index in [4.69, 9.17) is 9.15 Å². The molecule has 3 aromatic rings. The Hall–Kier alpha value is -4.21. The molecule has 1 N–H and O–H groups in total. The highest BCUT2D eigenvalue weighted by atomic mass is 16.5. The third kappa shape index (κ3) is 3.70. The second-order valence-electron chi connectivity index (χ2n) is 6.52. The van der Waals surface area contributed by atoms with Crippen LogP contribution in [0, 0.1) is 0 Å². The molecule has 0 saturated heterocycles. The number of fused-ring (bicyclic) bond motifs is 1. The van der Waals surface area contributed by atoms with Gasteiger partial charge in [-0.05, 0) is 36.4 Å². The van der Waals surface area contributed by atoms with Gasteiger partial charge in [0, 0.05) is 25.1 Å². The summed E-state index contributed by atoms with van der Waals surface area (Å²) in [4.78, 5) is 49.1. The molecule has 10 heteroatoms. The minimum Gasteiger partial charge on any atom is -0.452 e. The van der Waals surface area contributed by atoms with Gasteiger partial charge in [0.05, 0.1) is 17.7 Å². The van der Waals surface area contributed by atoms with E-state index in [0.29, 0.717) is 18.0 Å². The van der Waals surface area contributed by atoms with Crippen LogP contribution in [0.2, 0.25) is 0 Å². The highest BCUT2D eigenvalue weighted by Crippen LogP contribution is 2.24. The summed E-state index contributed by atoms with van der Waals surface area (Å²) in [5.41, 5.74) is 0.791. The first-order chi connectivity index (χ1) is 14.4. The van der Waals surface area contributed by atoms with Gasteiger partial charge in [-0.25, -0.2) is 4.79 Å². The number of nitrogens with zero attached hydrogens (tertiary/aromatic N) is 3. The third-order valence-corrected chi connectivity index (χ3v) is 4.45. The highest BCUT2D eigenvalue weighted by Gasteiger charge is 2.32. The summed E-state index contributed by atoms with van der Waals surface area (Å²) in [6, 6.07) is 9.22. The minimum absolute atomic E-state index is 0.0327. The number of benzene rings is 1. The van der Waals surface area contributed by atoms with E-state index in [0.717, 1.165) is 4.90 Å². The number of anilines is 1. The van der Waals surface area contributed by atoms with E-state index in [9.17, 15) is 19.2 Å². The van der Waals surface area contributed by atoms with Crippen molar-refractivity contribution in [3.8, 4) is 0 Å². The van der Waals surface area contributed by atoms with Crippen molar-refractivity contribution < 1.29 is 28.3 Å². The molecule has 1 aliphatic rings. The Labute approximate surface area is 170 Å². The zero-order chi connectivity index (χ0) is 21.3. The molecule has 0 saturated carbocycles. The molecule has 0 unspecified atom stereocenters. The van der Waals surface area contributed by atoms with Crippen molar-refractivity contribution in [3.63, 3.8) is 0 Å². The maximum absolute atomic E-state index is 12.1. The number of carbonyl (C=O) groups excluding carboxylic acids is 4. The van der Waals surface area contributed by atoms with Crippen LogP contribution in [0.1, 0.15) is 37.0 Å². The van der Waals surface area contributed by atoms with E-state index < -0.39 is 30.3 Å². The van der Waals surface area contributed by atoms with Crippen LogP contribution in [0.15, 0.2) is 53.2 Å². The zero-order valence-electron chi connectivity index (χ0n) is 15.8. The molecule has 152 valence electrons. The van der Waals surface area contributed by atoms with Crippen molar-refractivity contribution in [1.82, 2.24) is 14.7 Å². The molecule has 0 fully saturated rings. The van der Waals surface area contributed by atoms with Crippen molar-refractivity contribution >= 4 is 29.4 Å². The summed E-state index contributed by atoms with van der Waals surface area (Å²) in [5.74, 6) is -1.74. The quantitative estimate of drug-likeness (QED) is 0.485. The summed E-state index contributed by atoms with van der Waals surface area (Å²) in [6.45, 7) is -0.187. The molecule has 0 radical (unpaired) electrons. The summed E-state index contributed by atoms with van der Waals surface area (Å²) < 4.78 is 12.0. The van der Waals surface area contributed by atoms with Gasteiger partial charge in [0.2, 0.25) is 5.76 Å². The van der Waals surface area contributed by atoms with Gasteiger partial charge in [-0.15, -0.1) is 0 Å². The summed E-state index contributed by atoms with van der Waals surface area (Å²) in [6.07, 6.45) is 3.38. The van der Waals surface area contributed by atoms with E-state index in [1.807, 2.05) is 0 Å². The lowest BCUT2D eigenvalue weighted by atomic mass is 10.1. The maximum Gasteiger partial charge on any atom is 0.374 e. The van der Waals surface area contributed by atoms with E-state index in [-0.39, 0.29) is 16.9 Å². The average Bonchev–Trinajstić information content (AvgIpc) is 3.46. The number of ether oxygens (including phenoxy) is 1. The van der Waals surface area contributed by atoms with Gasteiger partial charge in [-0.2, -0.15) is 5.10 Å². The molecule has 3 amide bonds. The van der Waals surface area contributed by atoms with Crippen LogP contribution in [-0.2, 0) is 16.1 Å². The van der Waals surface area contributed by atoms with Crippen LogP contribution in [0.5, 0.6) is 0 Å². The zero-order valence-corrected chi connectivity index (χ0v) is 15.8. The molecule has 30 heavy (non-hydrogen) atoms. The van der Waals surface area contributed by atoms with Crippen LogP contribution in [0.3, 0.4) is 0 Å². The van der Waals surface area contributed by atoms with Crippen LogP contribution < -0.4 is 5.32 Å². The van der Waals surface area contributed by atoms with Crippen LogP contribution in [-0.4, -0.2) is 52.0 Å². The fraction of sp³-hybridized carbons (Fsp3) is 0.150. The van der Waals surface area contributed by atoms with Gasteiger partial charge in [0.25, 0.3) is 17.7 Å². The lowest BCUT2D eigenvalue weighted by Gasteiger charge is -2.07. The topological polar surface area (TPSA) is 124 Å². The molecule has 10 nitrogen and oxygen atoms in total. The van der Waals surface area contributed by atoms with E-state index in [1.54, 1.807) is 29.2 Å². The Bertz CT molecular complexity index is 1150. The normalized spacial score (nSPS) is 12.8. The van der Waals surface area contributed by atoms with Gasteiger partial charge < -0.3 is 14.5 Å². The van der Waals surface area contributed by atoms with Crippen molar-refractivity contribution in [2.75, 3.05) is 19.0 Å². The Balaban J connectivity index is 1.32. The molecule has 1 aromatic carbocycles. The number of furan rings is 1. The first-order valence-electron chi connectivity index (χ1n) is 8.92. The van der Waals surface area contributed by atoms with Crippen LogP contribution >= 0.6 is 0 Å². The van der Waals surface area contributed by atoms with Gasteiger partial charge in [-0.3, -0.25) is 24.0 Å². The lowest BCUT2D eigenvalue weighted by Crippen LogP contribution is -2.24. The second kappa shape index (κ2) is 7.66. The molecule has 0 bridgehead atoms. The van der Waals surface area contributed by atoms with Crippen molar-refractivity contribution in [2.24, 2.45) is 0 Å². The molecule has 4 rings (SSSR count). The smallest absolute Gasteiger partial charge is 0.374 e. The highest BCUT2D eigenvalue weighted by molar-refractivity contribution is 6.21. The van der Waals surface area contributed by atoms with Gasteiger partial charge in [0.1, 0.15) is 5.76 Å². The van der Waals surface area contributed by atoms with Gasteiger partial charge in [0.15, 0.2) is 6.61 Å². The first-order valence-corrected chi connectivity index (χ1v) is 8.92. The summed E-state index contributed by atoms with van der Waals surface area (Å²) in [7, 11) is 1.39. The van der Waals surface area contributed by atoms with E-state index in [2.05, 4.69) is 10.4 Å². The number of hydrogen-bond donors (Lipinski definition) is 1. The summed E-state index contributed by atoms with van der Waals surface area (Å²) >= 11 is 0. The number of amides is 3. The largest absolute Gasteiger partial charge is 0.452 e. The fourth-order valence-electron chi connectivity index (χ4n) is 2.96. The Morgan fingerprint density at radius 2 is 1.93 bits per heavy atom. The van der Waals surface area contributed by atoms with Crippen molar-refractivity contribution in [3.05, 3.63) is 71.4 Å². The van der Waals surface area contributed by atoms with Crippen molar-refractivity contribution in [1.29, 1.82) is 0 Å². The number of imide groups is 1. The number of nitrogens with one attached hydrogen (secondary N) is 1. The van der Waals surface area contributed by atoms with Gasteiger partial charge in [-0.1, -0.05) is 0 Å². The number of rotatable bonds is 6. The Kier molecular flexibility index (Phi) is 4.88. The molecule has 0 aliphatic carbocycles. The molecule has 0 spiro atoms. The number of aromatic nitrogens is 2. The lowest BCUT2D eigenvalue weighted by molar-refractivity contribution is -0.119. The van der Waals surface area contributed by atoms with Crippen LogP contribution in [0.4, 0.5) is 5.69 Å². The molecule has 2 aromatic heterocycles. The summed E-state index contributed by atoms with van der Waals surface area (Å²) in [5, 5.41) is 6.57. The van der Waals surface area contributed by atoms with Crippen LogP contribution in [0.25, 0.3) is 0 Å². The van der Waals surface area contributed by atoms with E-state index >= 15 is 0 Å². The predicted octanol–water partition coefficient (Wildman–Crippen LogP) is 1.55. The number of hydrogen-bond acceptors (Lipinski definition) is 7. The number of esters is 1. The Morgan fingerprint density at radius 3 is 2.70 bits per heavy atom. The van der Waals surface area contributed by atoms with Crippen molar-refractivity contribution in [2.45, 2.75) is 6.54 Å². The number of carbonyl (C=O) groups is 4. The molecule has 0 atom stereocenters. The SMILES string of the molecule is CN1C(=O)c2ccc(NC(=O)COC(=O)c3ccc(Cn4cccn4)o3)cc2C1=O. The monoisotopic (exact) mass is 408 g/mol. The average molecular weight is 408 g/mol. The fourth-order valence-corrected chi connectivity index (χ4v) is 2.96. The van der Waals surface area contributed by atoms with E-state index in [1.165, 1.54) is 31.3 Å². The molecular formula is C20H16N4O6. The second-order valence-corrected chi connectivity index (χ2v) is 6.52. The molecular weight excluding hydrogens is 392 g/mol. The minimum atomic E-state index is -0.784. The van der Waals surface area contributed by atoms with Gasteiger partial charge >= 0.3 is 5.97 Å². The molecule has 1 aliphatic heterocycles. The molecule has 3 heterocycles. The third-order valence-electron chi connectivity index (χ3n) is 4.45. The maximum atomic E-state index is 12.1. The first kappa shape index (κ1) is 19.1. The predicted molar refractivity (Wildman–Crippen MR) is 102 cm³/mol. The Morgan fingerprint density at radius 1 is 1.13 bits per heavy atom.